The van der Waals surface area contributed by atoms with Crippen LogP contribution in [0.2, 0.25) is 0 Å². The van der Waals surface area contributed by atoms with Gasteiger partial charge in [0.05, 0.1) is 0 Å². The van der Waals surface area contributed by atoms with Crippen LogP contribution in [-0.2, 0) is 4.74 Å². The molecule has 3 rings (SSSR count). The number of piperidine rings is 1. The summed E-state index contributed by atoms with van der Waals surface area (Å²) in [7, 11) is 0. The Labute approximate surface area is 174 Å². The van der Waals surface area contributed by atoms with E-state index in [0.29, 0.717) is 12.1 Å². The van der Waals surface area contributed by atoms with Crippen LogP contribution >= 0.6 is 0 Å². The maximum atomic E-state index is 12.0. The van der Waals surface area contributed by atoms with Crippen LogP contribution in [0.25, 0.3) is 0 Å². The number of rotatable bonds is 5. The summed E-state index contributed by atoms with van der Waals surface area (Å²) in [5.74, 6) is 0. The van der Waals surface area contributed by atoms with Crippen molar-refractivity contribution in [3.05, 3.63) is 60.2 Å². The van der Waals surface area contributed by atoms with Gasteiger partial charge in [-0.2, -0.15) is 0 Å². The molecule has 1 aliphatic heterocycles. The number of carbonyl (C=O) groups excluding carboxylic acids is 1. The van der Waals surface area contributed by atoms with Crippen molar-refractivity contribution in [2.24, 2.45) is 0 Å². The Bertz CT molecular complexity index is 793. The first-order valence-corrected chi connectivity index (χ1v) is 10.5. The number of likely N-dealkylation sites (tertiary alicyclic amines) is 1. The van der Waals surface area contributed by atoms with Crippen LogP contribution in [0, 0.1) is 0 Å². The predicted octanol–water partition coefficient (Wildman–Crippen LogP) is 5.67. The SMILES string of the molecule is CC(c1ccccc1)N1CCC(Nc2cccc(NC(=O)OC(C)(C)C)c2)CC1. The Hall–Kier alpha value is -2.53. The van der Waals surface area contributed by atoms with Gasteiger partial charge in [-0.1, -0.05) is 36.4 Å². The molecule has 2 aromatic rings. The van der Waals surface area contributed by atoms with Crippen molar-refractivity contribution < 1.29 is 9.53 Å². The lowest BCUT2D eigenvalue weighted by molar-refractivity contribution is 0.0636. The molecule has 156 valence electrons. The van der Waals surface area contributed by atoms with Gasteiger partial charge in [0, 0.05) is 36.5 Å². The molecule has 0 aliphatic carbocycles. The molecule has 1 fully saturated rings. The van der Waals surface area contributed by atoms with Crippen LogP contribution in [0.1, 0.15) is 52.1 Å². The average Bonchev–Trinajstić information content (AvgIpc) is 2.67. The Morgan fingerprint density at radius 1 is 1.03 bits per heavy atom. The highest BCUT2D eigenvalue weighted by Crippen LogP contribution is 2.26. The second kappa shape index (κ2) is 9.31. The van der Waals surface area contributed by atoms with Gasteiger partial charge >= 0.3 is 6.09 Å². The number of amides is 1. The summed E-state index contributed by atoms with van der Waals surface area (Å²) < 4.78 is 5.33. The lowest BCUT2D eigenvalue weighted by Crippen LogP contribution is -2.40. The van der Waals surface area contributed by atoms with E-state index in [-0.39, 0.29) is 0 Å². The number of benzene rings is 2. The van der Waals surface area contributed by atoms with Gasteiger partial charge < -0.3 is 10.1 Å². The quantitative estimate of drug-likeness (QED) is 0.685. The van der Waals surface area contributed by atoms with Gasteiger partial charge in [0.15, 0.2) is 0 Å². The molecular formula is C24H33N3O2. The van der Waals surface area contributed by atoms with Gasteiger partial charge in [-0.25, -0.2) is 4.79 Å². The smallest absolute Gasteiger partial charge is 0.412 e. The number of ether oxygens (including phenoxy) is 1. The molecule has 1 aliphatic rings. The molecule has 0 radical (unpaired) electrons. The van der Waals surface area contributed by atoms with Gasteiger partial charge in [0.1, 0.15) is 5.60 Å². The Morgan fingerprint density at radius 2 is 1.69 bits per heavy atom. The second-order valence-corrected chi connectivity index (χ2v) is 8.75. The van der Waals surface area contributed by atoms with Crippen molar-refractivity contribution >= 4 is 17.5 Å². The zero-order valence-corrected chi connectivity index (χ0v) is 17.9. The highest BCUT2D eigenvalue weighted by Gasteiger charge is 2.23. The number of nitrogens with zero attached hydrogens (tertiary/aromatic N) is 1. The van der Waals surface area contributed by atoms with Crippen molar-refractivity contribution in [3.63, 3.8) is 0 Å². The Kier molecular flexibility index (Phi) is 6.80. The molecule has 0 spiro atoms. The minimum absolute atomic E-state index is 0.433. The van der Waals surface area contributed by atoms with E-state index in [4.69, 9.17) is 4.74 Å². The highest BCUT2D eigenvalue weighted by molar-refractivity contribution is 5.85. The van der Waals surface area contributed by atoms with E-state index >= 15 is 0 Å². The van der Waals surface area contributed by atoms with Crippen molar-refractivity contribution in [2.75, 3.05) is 23.7 Å². The van der Waals surface area contributed by atoms with E-state index < -0.39 is 11.7 Å². The van der Waals surface area contributed by atoms with Crippen molar-refractivity contribution in [1.29, 1.82) is 0 Å². The molecule has 1 atom stereocenters. The summed E-state index contributed by atoms with van der Waals surface area (Å²) in [6.07, 6.45) is 1.76. The first kappa shape index (κ1) is 21.2. The molecule has 0 saturated carbocycles. The summed E-state index contributed by atoms with van der Waals surface area (Å²) in [4.78, 5) is 14.5. The van der Waals surface area contributed by atoms with E-state index in [1.54, 1.807) is 0 Å². The highest BCUT2D eigenvalue weighted by atomic mass is 16.6. The molecule has 29 heavy (non-hydrogen) atoms. The minimum atomic E-state index is -0.509. The predicted molar refractivity (Wildman–Crippen MR) is 119 cm³/mol. The summed E-state index contributed by atoms with van der Waals surface area (Å²) in [5, 5.41) is 6.43. The van der Waals surface area contributed by atoms with Crippen LogP contribution in [-0.4, -0.2) is 35.7 Å². The third-order valence-electron chi connectivity index (χ3n) is 5.24. The van der Waals surface area contributed by atoms with Crippen LogP contribution in [0.5, 0.6) is 0 Å². The maximum absolute atomic E-state index is 12.0. The molecule has 5 nitrogen and oxygen atoms in total. The molecular weight excluding hydrogens is 362 g/mol. The molecule has 1 amide bonds. The fourth-order valence-corrected chi connectivity index (χ4v) is 3.72. The zero-order chi connectivity index (χ0) is 20.9. The van der Waals surface area contributed by atoms with E-state index in [1.807, 2.05) is 45.0 Å². The summed E-state index contributed by atoms with van der Waals surface area (Å²) in [5.41, 5.74) is 2.62. The van der Waals surface area contributed by atoms with Gasteiger partial charge in [-0.05, 0) is 64.3 Å². The number of carbonyl (C=O) groups is 1. The molecule has 2 aromatic carbocycles. The van der Waals surface area contributed by atoms with Crippen molar-refractivity contribution in [3.8, 4) is 0 Å². The lowest BCUT2D eigenvalue weighted by atomic mass is 10.00. The van der Waals surface area contributed by atoms with E-state index in [1.165, 1.54) is 5.56 Å². The van der Waals surface area contributed by atoms with Crippen molar-refractivity contribution in [1.82, 2.24) is 4.90 Å². The molecule has 2 N–H and O–H groups in total. The van der Waals surface area contributed by atoms with E-state index in [0.717, 1.165) is 37.3 Å². The maximum Gasteiger partial charge on any atom is 0.412 e. The zero-order valence-electron chi connectivity index (χ0n) is 17.9. The molecule has 1 unspecified atom stereocenters. The number of nitrogens with one attached hydrogen (secondary N) is 2. The third-order valence-corrected chi connectivity index (χ3v) is 5.24. The Morgan fingerprint density at radius 3 is 2.34 bits per heavy atom. The second-order valence-electron chi connectivity index (χ2n) is 8.75. The standard InChI is InChI=1S/C24H33N3O2/c1-18(19-9-6-5-7-10-19)27-15-13-20(14-16-27)25-21-11-8-12-22(17-21)26-23(28)29-24(2,3)4/h5-12,17-18,20,25H,13-16H2,1-4H3,(H,26,28). The van der Waals surface area contributed by atoms with Gasteiger partial charge in [-0.15, -0.1) is 0 Å². The Balaban J connectivity index is 1.51. The third kappa shape index (κ3) is 6.50. The molecule has 5 heteroatoms. The van der Waals surface area contributed by atoms with Crippen LogP contribution in [0.3, 0.4) is 0 Å². The molecule has 0 aromatic heterocycles. The first-order valence-electron chi connectivity index (χ1n) is 10.5. The topological polar surface area (TPSA) is 53.6 Å². The summed E-state index contributed by atoms with van der Waals surface area (Å²) >= 11 is 0. The molecule has 0 bridgehead atoms. The monoisotopic (exact) mass is 395 g/mol. The van der Waals surface area contributed by atoms with Gasteiger partial charge in [0.2, 0.25) is 0 Å². The van der Waals surface area contributed by atoms with Gasteiger partial charge in [0.25, 0.3) is 0 Å². The fourth-order valence-electron chi connectivity index (χ4n) is 3.72. The normalized spacial score (nSPS) is 16.8. The first-order chi connectivity index (χ1) is 13.8. The number of hydrogen-bond acceptors (Lipinski definition) is 4. The largest absolute Gasteiger partial charge is 0.444 e. The van der Waals surface area contributed by atoms with E-state index in [9.17, 15) is 4.79 Å². The summed E-state index contributed by atoms with van der Waals surface area (Å²) in [6, 6.07) is 19.4. The minimum Gasteiger partial charge on any atom is -0.444 e. The number of hydrogen-bond donors (Lipinski definition) is 2. The number of anilines is 2. The molecule has 1 saturated heterocycles. The van der Waals surface area contributed by atoms with Crippen LogP contribution in [0.15, 0.2) is 54.6 Å². The van der Waals surface area contributed by atoms with E-state index in [2.05, 4.69) is 52.8 Å². The van der Waals surface area contributed by atoms with Crippen LogP contribution < -0.4 is 10.6 Å². The average molecular weight is 396 g/mol. The van der Waals surface area contributed by atoms with Gasteiger partial charge in [-0.3, -0.25) is 10.2 Å². The van der Waals surface area contributed by atoms with Crippen LogP contribution in [0.4, 0.5) is 16.2 Å². The lowest BCUT2D eigenvalue weighted by Gasteiger charge is -2.36. The molecule has 1 heterocycles. The van der Waals surface area contributed by atoms with Crippen molar-refractivity contribution in [2.45, 2.75) is 58.2 Å². The fraction of sp³-hybridized carbons (Fsp3) is 0.458. The summed E-state index contributed by atoms with van der Waals surface area (Å²) in [6.45, 7) is 10.0.